The molecule has 3 heterocycles. The van der Waals surface area contributed by atoms with Crippen LogP contribution in [-0.4, -0.2) is 116 Å². The number of hydrogen-bond donors (Lipinski definition) is 8. The fraction of sp³-hybridized carbons (Fsp3) is 0.464. The smallest absolute Gasteiger partial charge is 0.229 e. The van der Waals surface area contributed by atoms with Crippen molar-refractivity contribution in [1.29, 1.82) is 0 Å². The van der Waals surface area contributed by atoms with Gasteiger partial charge in [-0.25, -0.2) is 0 Å². The Kier molecular flexibility index (Phi) is 8.80. The zero-order chi connectivity index (χ0) is 31.2. The summed E-state index contributed by atoms with van der Waals surface area (Å²) in [7, 11) is 1.38. The summed E-state index contributed by atoms with van der Waals surface area (Å²) in [4.78, 5) is 12.9. The molecule has 10 atom stereocenters. The summed E-state index contributed by atoms with van der Waals surface area (Å²) in [6.45, 7) is 0.687. The van der Waals surface area contributed by atoms with E-state index < -0.39 is 79.2 Å². The highest BCUT2D eigenvalue weighted by Crippen LogP contribution is 2.36. The summed E-state index contributed by atoms with van der Waals surface area (Å²) in [5, 5.41) is 82.2. The third-order valence-electron chi connectivity index (χ3n) is 7.42. The standard InChI is InChI=1S/C28H32O15/c1-10-21(33)23(35)25(37)27(39-10)43-26-24(36)22(34)19(9-29)42-28(26)40-12-6-14(31)20-15(32)8-17(41-18(20)7-12)11-3-4-16(38-2)13(30)5-11/h3-8,10,19,21-31,33-37H,9H2,1-2H3/t10-,19+,21+,22-,23+,24-,25+,26-,27+,28-/m1/s1. The molecule has 2 saturated heterocycles. The maximum atomic E-state index is 12.9. The maximum absolute atomic E-state index is 12.9. The van der Waals surface area contributed by atoms with Gasteiger partial charge < -0.3 is 69.0 Å². The van der Waals surface area contributed by atoms with E-state index in [9.17, 15) is 45.6 Å². The third kappa shape index (κ3) is 5.86. The Morgan fingerprint density at radius 1 is 0.837 bits per heavy atom. The number of aliphatic hydroxyl groups excluding tert-OH is 6. The number of methoxy groups -OCH3 is 1. The summed E-state index contributed by atoms with van der Waals surface area (Å²) in [5.41, 5.74) is -0.414. The van der Waals surface area contributed by atoms with Gasteiger partial charge in [-0.15, -0.1) is 0 Å². The van der Waals surface area contributed by atoms with Gasteiger partial charge in [0.1, 0.15) is 64.9 Å². The van der Waals surface area contributed by atoms with Gasteiger partial charge >= 0.3 is 0 Å². The number of aliphatic hydroxyl groups is 6. The van der Waals surface area contributed by atoms with Crippen molar-refractivity contribution in [2.24, 2.45) is 0 Å². The van der Waals surface area contributed by atoms with E-state index >= 15 is 0 Å². The van der Waals surface area contributed by atoms with Crippen LogP contribution in [0, 0.1) is 0 Å². The van der Waals surface area contributed by atoms with Gasteiger partial charge in [0, 0.05) is 23.8 Å². The first-order valence-corrected chi connectivity index (χ1v) is 13.3. The van der Waals surface area contributed by atoms with Gasteiger partial charge in [-0.05, 0) is 25.1 Å². The van der Waals surface area contributed by atoms with Crippen LogP contribution in [0.15, 0.2) is 45.6 Å². The normalized spacial score (nSPS) is 32.9. The Balaban J connectivity index is 1.48. The Morgan fingerprint density at radius 3 is 2.26 bits per heavy atom. The van der Waals surface area contributed by atoms with Crippen LogP contribution in [0.4, 0.5) is 0 Å². The van der Waals surface area contributed by atoms with Crippen LogP contribution in [-0.2, 0) is 14.2 Å². The molecule has 0 radical (unpaired) electrons. The fourth-order valence-corrected chi connectivity index (χ4v) is 5.01. The second kappa shape index (κ2) is 12.2. The quantitative estimate of drug-likeness (QED) is 0.159. The van der Waals surface area contributed by atoms with Crippen molar-refractivity contribution >= 4 is 11.0 Å². The Bertz CT molecular complexity index is 1510. The highest BCUT2D eigenvalue weighted by Gasteiger charge is 2.50. The molecule has 0 bridgehead atoms. The molecular weight excluding hydrogens is 576 g/mol. The molecule has 1 aromatic heterocycles. The van der Waals surface area contributed by atoms with Crippen molar-refractivity contribution in [1.82, 2.24) is 0 Å². The molecule has 0 amide bonds. The number of phenols is 2. The van der Waals surface area contributed by atoms with Gasteiger partial charge in [-0.2, -0.15) is 0 Å². The topological polar surface area (TPSA) is 238 Å². The first-order chi connectivity index (χ1) is 20.4. The van der Waals surface area contributed by atoms with E-state index in [2.05, 4.69) is 0 Å². The lowest BCUT2D eigenvalue weighted by Crippen LogP contribution is -2.64. The van der Waals surface area contributed by atoms with Crippen LogP contribution >= 0.6 is 0 Å². The minimum atomic E-state index is -1.77. The SMILES string of the molecule is COc1ccc(-c2cc(=O)c3c(O)cc(O[C@@H]4O[C@@H](CO)[C@@H](O)[C@@H](O)[C@H]4O[C@@H]4O[C@H](C)[C@H](O)[C@H](O)[C@@H]4O)cc3o2)cc1O. The monoisotopic (exact) mass is 608 g/mol. The Hall–Kier alpha value is -3.51. The van der Waals surface area contributed by atoms with Crippen LogP contribution in [0.2, 0.25) is 0 Å². The number of aromatic hydroxyl groups is 2. The number of benzene rings is 2. The van der Waals surface area contributed by atoms with Gasteiger partial charge in [-0.3, -0.25) is 4.79 Å². The van der Waals surface area contributed by atoms with Gasteiger partial charge in [0.25, 0.3) is 0 Å². The van der Waals surface area contributed by atoms with E-state index in [-0.39, 0.29) is 34.0 Å². The molecule has 15 heteroatoms. The first kappa shape index (κ1) is 30.9. The van der Waals surface area contributed by atoms with E-state index in [1.807, 2.05) is 0 Å². The lowest BCUT2D eigenvalue weighted by molar-refractivity contribution is -0.354. The third-order valence-corrected chi connectivity index (χ3v) is 7.42. The van der Waals surface area contributed by atoms with Gasteiger partial charge in [0.05, 0.1) is 19.8 Å². The largest absolute Gasteiger partial charge is 0.507 e. The van der Waals surface area contributed by atoms with Crippen LogP contribution in [0.3, 0.4) is 0 Å². The fourth-order valence-electron chi connectivity index (χ4n) is 5.01. The predicted octanol–water partition coefficient (Wildman–Crippen LogP) is -1.09. The molecule has 0 aliphatic carbocycles. The molecule has 43 heavy (non-hydrogen) atoms. The zero-order valence-corrected chi connectivity index (χ0v) is 22.9. The lowest BCUT2D eigenvalue weighted by Gasteiger charge is -2.45. The molecule has 2 aromatic carbocycles. The molecule has 2 aliphatic rings. The highest BCUT2D eigenvalue weighted by molar-refractivity contribution is 5.86. The number of fused-ring (bicyclic) bond motifs is 1. The molecule has 2 fully saturated rings. The van der Waals surface area contributed by atoms with E-state index in [1.54, 1.807) is 6.07 Å². The molecule has 5 rings (SSSR count). The Labute approximate surface area is 243 Å². The van der Waals surface area contributed by atoms with E-state index in [0.717, 1.165) is 12.1 Å². The molecule has 15 nitrogen and oxygen atoms in total. The molecule has 3 aromatic rings. The average Bonchev–Trinajstić information content (AvgIpc) is 2.97. The number of hydrogen-bond acceptors (Lipinski definition) is 15. The summed E-state index contributed by atoms with van der Waals surface area (Å²) < 4.78 is 33.5. The maximum Gasteiger partial charge on any atom is 0.229 e. The summed E-state index contributed by atoms with van der Waals surface area (Å²) in [6, 6.07) is 7.77. The van der Waals surface area contributed by atoms with Crippen LogP contribution < -0.4 is 14.9 Å². The summed E-state index contributed by atoms with van der Waals surface area (Å²) in [5.74, 6) is -0.653. The first-order valence-electron chi connectivity index (χ1n) is 13.3. The highest BCUT2D eigenvalue weighted by atomic mass is 16.8. The Morgan fingerprint density at radius 2 is 1.58 bits per heavy atom. The van der Waals surface area contributed by atoms with Gasteiger partial charge in [0.15, 0.2) is 29.3 Å². The van der Waals surface area contributed by atoms with Crippen molar-refractivity contribution in [2.45, 2.75) is 68.3 Å². The van der Waals surface area contributed by atoms with Crippen LogP contribution in [0.25, 0.3) is 22.3 Å². The minimum absolute atomic E-state index is 0.0410. The van der Waals surface area contributed by atoms with Crippen LogP contribution in [0.1, 0.15) is 6.92 Å². The second-order valence-electron chi connectivity index (χ2n) is 10.3. The predicted molar refractivity (Wildman–Crippen MR) is 143 cm³/mol. The number of rotatable bonds is 7. The lowest BCUT2D eigenvalue weighted by atomic mass is 9.97. The van der Waals surface area contributed by atoms with Gasteiger partial charge in [0.2, 0.25) is 6.29 Å². The average molecular weight is 609 g/mol. The number of ether oxygens (including phenoxy) is 5. The molecule has 0 spiro atoms. The van der Waals surface area contributed by atoms with Crippen LogP contribution in [0.5, 0.6) is 23.0 Å². The van der Waals surface area contributed by atoms with Crippen molar-refractivity contribution in [3.05, 3.63) is 46.6 Å². The van der Waals surface area contributed by atoms with Crippen molar-refractivity contribution < 1.29 is 69.0 Å². The minimum Gasteiger partial charge on any atom is -0.507 e. The summed E-state index contributed by atoms with van der Waals surface area (Å²) >= 11 is 0. The van der Waals surface area contributed by atoms with E-state index in [0.29, 0.717) is 5.56 Å². The second-order valence-corrected chi connectivity index (χ2v) is 10.3. The van der Waals surface area contributed by atoms with E-state index in [4.69, 9.17) is 28.1 Å². The van der Waals surface area contributed by atoms with Gasteiger partial charge in [-0.1, -0.05) is 0 Å². The van der Waals surface area contributed by atoms with E-state index in [1.165, 1.54) is 32.2 Å². The van der Waals surface area contributed by atoms with Crippen molar-refractivity contribution in [3.8, 4) is 34.3 Å². The molecule has 0 saturated carbocycles. The molecule has 2 aliphatic heterocycles. The molecule has 234 valence electrons. The molecule has 8 N–H and O–H groups in total. The molecular formula is C28H32O15. The van der Waals surface area contributed by atoms with Crippen molar-refractivity contribution in [2.75, 3.05) is 13.7 Å². The number of phenolic OH excluding ortho intramolecular Hbond substituents is 2. The van der Waals surface area contributed by atoms with Crippen molar-refractivity contribution in [3.63, 3.8) is 0 Å². The summed E-state index contributed by atoms with van der Waals surface area (Å²) in [6.07, 6.45) is -15.4. The zero-order valence-electron chi connectivity index (χ0n) is 22.9. The molecule has 0 unspecified atom stereocenters.